The molecule has 1 aliphatic carbocycles. The smallest absolute Gasteiger partial charge is 0.249 e. The van der Waals surface area contributed by atoms with Crippen molar-refractivity contribution in [1.29, 1.82) is 0 Å². The fourth-order valence-electron chi connectivity index (χ4n) is 3.66. The Bertz CT molecular complexity index is 401. The standard InChI is InChI=1S/C16H28N2O2/c1-6-12(7-2)10(3)18-11(4)14(19)17-16(5,15(18)20)13-8-9-13/h10-13H,6-9H2,1-5H3,(H,17,19). The molecule has 2 rings (SSSR count). The van der Waals surface area contributed by atoms with Gasteiger partial charge in [-0.05, 0) is 45.4 Å². The molecule has 1 heterocycles. The van der Waals surface area contributed by atoms with Gasteiger partial charge in [-0.2, -0.15) is 0 Å². The van der Waals surface area contributed by atoms with E-state index < -0.39 is 5.54 Å². The molecule has 3 atom stereocenters. The van der Waals surface area contributed by atoms with Crippen molar-refractivity contribution in [3.63, 3.8) is 0 Å². The monoisotopic (exact) mass is 280 g/mol. The summed E-state index contributed by atoms with van der Waals surface area (Å²) in [6.07, 6.45) is 4.17. The Balaban J connectivity index is 2.28. The van der Waals surface area contributed by atoms with E-state index in [1.165, 1.54) is 0 Å². The summed E-state index contributed by atoms with van der Waals surface area (Å²) >= 11 is 0. The second-order valence-electron chi connectivity index (χ2n) is 6.67. The van der Waals surface area contributed by atoms with Crippen molar-refractivity contribution >= 4 is 11.8 Å². The Morgan fingerprint density at radius 2 is 1.85 bits per heavy atom. The van der Waals surface area contributed by atoms with Gasteiger partial charge in [0.1, 0.15) is 11.6 Å². The molecule has 0 aromatic heterocycles. The minimum Gasteiger partial charge on any atom is -0.340 e. The van der Waals surface area contributed by atoms with Gasteiger partial charge in [0.25, 0.3) is 0 Å². The lowest BCUT2D eigenvalue weighted by atomic mass is 9.85. The van der Waals surface area contributed by atoms with Crippen LogP contribution < -0.4 is 5.32 Å². The van der Waals surface area contributed by atoms with Crippen LogP contribution in [0.1, 0.15) is 60.3 Å². The van der Waals surface area contributed by atoms with E-state index >= 15 is 0 Å². The average molecular weight is 280 g/mol. The molecule has 1 aliphatic heterocycles. The number of nitrogens with zero attached hydrogens (tertiary/aromatic N) is 1. The maximum atomic E-state index is 13.0. The molecule has 1 saturated heterocycles. The molecule has 20 heavy (non-hydrogen) atoms. The molecule has 4 heteroatoms. The molecule has 0 aromatic carbocycles. The number of hydrogen-bond donors (Lipinski definition) is 1. The zero-order valence-corrected chi connectivity index (χ0v) is 13.4. The first-order chi connectivity index (χ1) is 9.36. The van der Waals surface area contributed by atoms with Crippen LogP contribution in [-0.2, 0) is 9.59 Å². The molecule has 2 aliphatic rings. The van der Waals surface area contributed by atoms with Crippen molar-refractivity contribution in [3.05, 3.63) is 0 Å². The van der Waals surface area contributed by atoms with Gasteiger partial charge in [0.15, 0.2) is 0 Å². The maximum Gasteiger partial charge on any atom is 0.249 e. The highest BCUT2D eigenvalue weighted by Crippen LogP contribution is 2.43. The molecule has 0 radical (unpaired) electrons. The van der Waals surface area contributed by atoms with Gasteiger partial charge in [-0.15, -0.1) is 0 Å². The Morgan fingerprint density at radius 3 is 2.30 bits per heavy atom. The van der Waals surface area contributed by atoms with Gasteiger partial charge in [0.2, 0.25) is 11.8 Å². The molecular weight excluding hydrogens is 252 g/mol. The topological polar surface area (TPSA) is 49.4 Å². The third-order valence-corrected chi connectivity index (χ3v) is 5.42. The van der Waals surface area contributed by atoms with E-state index in [-0.39, 0.29) is 23.9 Å². The van der Waals surface area contributed by atoms with Crippen LogP contribution in [0.5, 0.6) is 0 Å². The normalized spacial score (nSPS) is 32.5. The molecule has 0 bridgehead atoms. The maximum absolute atomic E-state index is 13.0. The average Bonchev–Trinajstić information content (AvgIpc) is 3.23. The number of rotatable bonds is 5. The molecule has 0 aromatic rings. The SMILES string of the molecule is CCC(CC)C(C)N1C(=O)C(C)(C2CC2)NC(=O)C1C. The van der Waals surface area contributed by atoms with Gasteiger partial charge in [0.05, 0.1) is 0 Å². The predicted molar refractivity (Wildman–Crippen MR) is 79.1 cm³/mol. The molecule has 3 unspecified atom stereocenters. The summed E-state index contributed by atoms with van der Waals surface area (Å²) < 4.78 is 0. The van der Waals surface area contributed by atoms with Gasteiger partial charge in [-0.25, -0.2) is 0 Å². The Labute approximate surface area is 122 Å². The number of hydrogen-bond acceptors (Lipinski definition) is 2. The van der Waals surface area contributed by atoms with E-state index in [1.54, 1.807) is 0 Å². The highest BCUT2D eigenvalue weighted by molar-refractivity contribution is 6.00. The van der Waals surface area contributed by atoms with E-state index in [0.717, 1.165) is 25.7 Å². The van der Waals surface area contributed by atoms with Crippen molar-refractivity contribution in [2.45, 2.75) is 77.9 Å². The van der Waals surface area contributed by atoms with Crippen molar-refractivity contribution < 1.29 is 9.59 Å². The lowest BCUT2D eigenvalue weighted by Gasteiger charge is -2.47. The lowest BCUT2D eigenvalue weighted by molar-refractivity contribution is -0.158. The van der Waals surface area contributed by atoms with E-state index in [4.69, 9.17) is 0 Å². The van der Waals surface area contributed by atoms with Gasteiger partial charge in [-0.1, -0.05) is 26.7 Å². The van der Waals surface area contributed by atoms with Crippen LogP contribution in [0, 0.1) is 11.8 Å². The third kappa shape index (κ3) is 2.33. The summed E-state index contributed by atoms with van der Waals surface area (Å²) in [5, 5.41) is 2.98. The number of carbonyl (C=O) groups is 2. The number of piperazine rings is 1. The van der Waals surface area contributed by atoms with Gasteiger partial charge in [0, 0.05) is 6.04 Å². The van der Waals surface area contributed by atoms with Crippen LogP contribution in [0.15, 0.2) is 0 Å². The van der Waals surface area contributed by atoms with Gasteiger partial charge < -0.3 is 10.2 Å². The van der Waals surface area contributed by atoms with E-state index in [2.05, 4.69) is 26.1 Å². The van der Waals surface area contributed by atoms with Crippen LogP contribution in [-0.4, -0.2) is 34.3 Å². The van der Waals surface area contributed by atoms with Gasteiger partial charge in [-0.3, -0.25) is 9.59 Å². The number of carbonyl (C=O) groups excluding carboxylic acids is 2. The minimum absolute atomic E-state index is 0.00296. The summed E-state index contributed by atoms with van der Waals surface area (Å²) in [5.41, 5.74) is -0.677. The highest BCUT2D eigenvalue weighted by Gasteiger charge is 2.55. The van der Waals surface area contributed by atoms with E-state index in [9.17, 15) is 9.59 Å². The third-order valence-electron chi connectivity index (χ3n) is 5.42. The van der Waals surface area contributed by atoms with Crippen LogP contribution in [0.2, 0.25) is 0 Å². The summed E-state index contributed by atoms with van der Waals surface area (Å²) in [4.78, 5) is 27.1. The lowest BCUT2D eigenvalue weighted by Crippen LogP contribution is -2.71. The zero-order valence-electron chi connectivity index (χ0n) is 13.4. The van der Waals surface area contributed by atoms with E-state index in [0.29, 0.717) is 11.8 Å². The predicted octanol–water partition coefficient (Wildman–Crippen LogP) is 2.33. The first kappa shape index (κ1) is 15.3. The second-order valence-corrected chi connectivity index (χ2v) is 6.67. The molecule has 1 saturated carbocycles. The second kappa shape index (κ2) is 5.38. The van der Waals surface area contributed by atoms with E-state index in [1.807, 2.05) is 18.7 Å². The summed E-state index contributed by atoms with van der Waals surface area (Å²) in [6, 6.07) is -0.235. The summed E-state index contributed by atoms with van der Waals surface area (Å²) in [6.45, 7) is 10.2. The first-order valence-electron chi connectivity index (χ1n) is 8.01. The molecular formula is C16H28N2O2. The van der Waals surface area contributed by atoms with Crippen LogP contribution in [0.3, 0.4) is 0 Å². The van der Waals surface area contributed by atoms with Crippen LogP contribution in [0.4, 0.5) is 0 Å². The largest absolute Gasteiger partial charge is 0.340 e. The highest BCUT2D eigenvalue weighted by atomic mass is 16.2. The fourth-order valence-corrected chi connectivity index (χ4v) is 3.66. The van der Waals surface area contributed by atoms with Crippen molar-refractivity contribution in [2.75, 3.05) is 0 Å². The van der Waals surface area contributed by atoms with Crippen molar-refractivity contribution in [2.24, 2.45) is 11.8 Å². The first-order valence-corrected chi connectivity index (χ1v) is 8.01. The summed E-state index contributed by atoms with van der Waals surface area (Å²) in [5.74, 6) is 0.891. The number of nitrogens with one attached hydrogen (secondary N) is 1. The van der Waals surface area contributed by atoms with Crippen LogP contribution in [0.25, 0.3) is 0 Å². The Hall–Kier alpha value is -1.06. The fraction of sp³-hybridized carbons (Fsp3) is 0.875. The quantitative estimate of drug-likeness (QED) is 0.840. The molecule has 2 fully saturated rings. The van der Waals surface area contributed by atoms with Crippen molar-refractivity contribution in [1.82, 2.24) is 10.2 Å². The molecule has 4 nitrogen and oxygen atoms in total. The Kier molecular flexibility index (Phi) is 4.12. The molecule has 1 N–H and O–H groups in total. The van der Waals surface area contributed by atoms with Crippen molar-refractivity contribution in [3.8, 4) is 0 Å². The molecule has 0 spiro atoms. The summed E-state index contributed by atoms with van der Waals surface area (Å²) in [7, 11) is 0. The van der Waals surface area contributed by atoms with Gasteiger partial charge >= 0.3 is 0 Å². The Morgan fingerprint density at radius 1 is 1.30 bits per heavy atom. The molecule has 2 amide bonds. The molecule has 114 valence electrons. The zero-order chi connectivity index (χ0) is 15.1. The number of amides is 2. The van der Waals surface area contributed by atoms with Crippen LogP contribution >= 0.6 is 0 Å². The minimum atomic E-state index is -0.677.